The molecule has 0 amide bonds. The van der Waals surface area contributed by atoms with Crippen LogP contribution in [0.5, 0.6) is 5.75 Å². The molecule has 2 atom stereocenters. The molecule has 0 saturated carbocycles. The lowest BCUT2D eigenvalue weighted by Crippen LogP contribution is -2.05. The minimum atomic E-state index is 0.518. The molecule has 1 nitrogen and oxygen atoms in total. The van der Waals surface area contributed by atoms with Crippen molar-refractivity contribution in [3.05, 3.63) is 77.2 Å². The highest BCUT2D eigenvalue weighted by Gasteiger charge is 2.21. The van der Waals surface area contributed by atoms with Crippen LogP contribution in [-0.4, -0.2) is 7.11 Å². The van der Waals surface area contributed by atoms with E-state index in [1.807, 2.05) is 23.9 Å². The Morgan fingerprint density at radius 3 is 2.40 bits per heavy atom. The van der Waals surface area contributed by atoms with E-state index in [1.54, 1.807) is 7.11 Å². The average Bonchev–Trinajstić information content (AvgIpc) is 2.56. The van der Waals surface area contributed by atoms with Crippen molar-refractivity contribution in [2.24, 2.45) is 0 Å². The molecule has 0 radical (unpaired) electrons. The molecule has 1 heterocycles. The van der Waals surface area contributed by atoms with Crippen molar-refractivity contribution in [3.8, 4) is 5.75 Å². The van der Waals surface area contributed by atoms with Crippen molar-refractivity contribution in [1.29, 1.82) is 0 Å². The standard InChI is InChI=1S/C18H18OS/c1-19-17-9-7-15(8-10-17)18-13-16(11-12-20-18)14-5-3-2-4-6-14/h2-12,16,18H,13H2,1H3/t16-,18+/m0/s1. The first-order valence-electron chi connectivity index (χ1n) is 6.88. The predicted molar refractivity (Wildman–Crippen MR) is 86.3 cm³/mol. The van der Waals surface area contributed by atoms with Gasteiger partial charge in [0.1, 0.15) is 5.75 Å². The summed E-state index contributed by atoms with van der Waals surface area (Å²) in [4.78, 5) is 0. The van der Waals surface area contributed by atoms with E-state index < -0.39 is 0 Å². The minimum absolute atomic E-state index is 0.518. The maximum absolute atomic E-state index is 5.23. The first-order valence-corrected chi connectivity index (χ1v) is 7.82. The summed E-state index contributed by atoms with van der Waals surface area (Å²) in [5.41, 5.74) is 2.78. The Morgan fingerprint density at radius 2 is 1.70 bits per heavy atom. The average molecular weight is 282 g/mol. The molecule has 0 fully saturated rings. The molecule has 0 aromatic heterocycles. The van der Waals surface area contributed by atoms with E-state index in [4.69, 9.17) is 4.74 Å². The van der Waals surface area contributed by atoms with E-state index in [0.717, 1.165) is 12.2 Å². The number of ether oxygens (including phenoxy) is 1. The zero-order valence-electron chi connectivity index (χ0n) is 11.5. The molecule has 3 rings (SSSR count). The van der Waals surface area contributed by atoms with Crippen molar-refractivity contribution in [3.63, 3.8) is 0 Å². The van der Waals surface area contributed by atoms with Gasteiger partial charge in [-0.1, -0.05) is 48.5 Å². The van der Waals surface area contributed by atoms with E-state index in [2.05, 4.69) is 53.9 Å². The lowest BCUT2D eigenvalue weighted by atomic mass is 9.92. The van der Waals surface area contributed by atoms with Gasteiger partial charge in [-0.2, -0.15) is 0 Å². The zero-order valence-corrected chi connectivity index (χ0v) is 12.3. The molecule has 1 aliphatic rings. The molecule has 0 N–H and O–H groups in total. The topological polar surface area (TPSA) is 9.23 Å². The quantitative estimate of drug-likeness (QED) is 0.768. The van der Waals surface area contributed by atoms with Crippen LogP contribution in [-0.2, 0) is 0 Å². The number of allylic oxidation sites excluding steroid dienone is 1. The van der Waals surface area contributed by atoms with Gasteiger partial charge in [0.2, 0.25) is 0 Å². The molecule has 2 heteroatoms. The fourth-order valence-corrected chi connectivity index (χ4v) is 3.68. The highest BCUT2D eigenvalue weighted by molar-refractivity contribution is 8.02. The van der Waals surface area contributed by atoms with Crippen LogP contribution in [0.3, 0.4) is 0 Å². The summed E-state index contributed by atoms with van der Waals surface area (Å²) in [6.45, 7) is 0. The lowest BCUT2D eigenvalue weighted by Gasteiger charge is -2.25. The monoisotopic (exact) mass is 282 g/mol. The van der Waals surface area contributed by atoms with Gasteiger partial charge in [0.25, 0.3) is 0 Å². The van der Waals surface area contributed by atoms with Crippen molar-refractivity contribution in [2.75, 3.05) is 7.11 Å². The van der Waals surface area contributed by atoms with Crippen LogP contribution < -0.4 is 4.74 Å². The summed E-state index contributed by atoms with van der Waals surface area (Å²) in [7, 11) is 1.71. The van der Waals surface area contributed by atoms with Crippen molar-refractivity contribution >= 4 is 11.8 Å². The number of benzene rings is 2. The van der Waals surface area contributed by atoms with Crippen molar-refractivity contribution in [2.45, 2.75) is 17.6 Å². The van der Waals surface area contributed by atoms with Crippen LogP contribution in [0.25, 0.3) is 0 Å². The predicted octanol–water partition coefficient (Wildman–Crippen LogP) is 5.17. The number of hydrogen-bond donors (Lipinski definition) is 0. The molecule has 20 heavy (non-hydrogen) atoms. The molecule has 0 saturated heterocycles. The van der Waals surface area contributed by atoms with Crippen LogP contribution in [0.4, 0.5) is 0 Å². The second-order valence-corrected chi connectivity index (χ2v) is 6.09. The largest absolute Gasteiger partial charge is 0.497 e. The van der Waals surface area contributed by atoms with Crippen LogP contribution in [0.1, 0.15) is 28.7 Å². The van der Waals surface area contributed by atoms with Gasteiger partial charge in [0.15, 0.2) is 0 Å². The number of thioether (sulfide) groups is 1. The Balaban J connectivity index is 1.77. The number of methoxy groups -OCH3 is 1. The summed E-state index contributed by atoms with van der Waals surface area (Å²) in [6, 6.07) is 19.2. The maximum Gasteiger partial charge on any atom is 0.118 e. The molecule has 102 valence electrons. The van der Waals surface area contributed by atoms with Gasteiger partial charge in [-0.05, 0) is 35.1 Å². The minimum Gasteiger partial charge on any atom is -0.497 e. The van der Waals surface area contributed by atoms with E-state index in [-0.39, 0.29) is 0 Å². The Bertz CT molecular complexity index is 574. The highest BCUT2D eigenvalue weighted by atomic mass is 32.2. The fourth-order valence-electron chi connectivity index (χ4n) is 2.58. The first-order chi connectivity index (χ1) is 9.86. The van der Waals surface area contributed by atoms with E-state index in [9.17, 15) is 0 Å². The van der Waals surface area contributed by atoms with Crippen molar-refractivity contribution < 1.29 is 4.74 Å². The van der Waals surface area contributed by atoms with Crippen LogP contribution in [0.15, 0.2) is 66.1 Å². The molecule has 2 aromatic rings. The van der Waals surface area contributed by atoms with Crippen LogP contribution in [0.2, 0.25) is 0 Å². The second kappa shape index (κ2) is 6.19. The Morgan fingerprint density at radius 1 is 0.950 bits per heavy atom. The van der Waals surface area contributed by atoms with Gasteiger partial charge in [-0.3, -0.25) is 0 Å². The summed E-state index contributed by atoms with van der Waals surface area (Å²) in [5.74, 6) is 1.44. The number of hydrogen-bond acceptors (Lipinski definition) is 2. The summed E-state index contributed by atoms with van der Waals surface area (Å²) in [6.07, 6.45) is 3.47. The fraction of sp³-hybridized carbons (Fsp3) is 0.222. The van der Waals surface area contributed by atoms with Gasteiger partial charge in [-0.25, -0.2) is 0 Å². The third kappa shape index (κ3) is 2.91. The van der Waals surface area contributed by atoms with Crippen LogP contribution in [0, 0.1) is 0 Å². The third-order valence-electron chi connectivity index (χ3n) is 3.74. The molecular formula is C18H18OS. The number of rotatable bonds is 3. The van der Waals surface area contributed by atoms with Gasteiger partial charge in [0, 0.05) is 11.2 Å². The smallest absolute Gasteiger partial charge is 0.118 e. The second-order valence-electron chi connectivity index (χ2n) is 4.98. The Kier molecular flexibility index (Phi) is 4.12. The van der Waals surface area contributed by atoms with E-state index >= 15 is 0 Å². The van der Waals surface area contributed by atoms with E-state index in [1.165, 1.54) is 11.1 Å². The molecule has 1 aliphatic heterocycles. The Labute approximate surface area is 124 Å². The Hall–Kier alpha value is -1.67. The SMILES string of the molecule is COc1ccc([C@H]2C[C@@H](c3ccccc3)C=CS2)cc1. The third-order valence-corrected chi connectivity index (χ3v) is 4.84. The lowest BCUT2D eigenvalue weighted by molar-refractivity contribution is 0.414. The van der Waals surface area contributed by atoms with Gasteiger partial charge in [-0.15, -0.1) is 11.8 Å². The molecular weight excluding hydrogens is 264 g/mol. The van der Waals surface area contributed by atoms with Crippen molar-refractivity contribution in [1.82, 2.24) is 0 Å². The molecule has 0 aliphatic carbocycles. The van der Waals surface area contributed by atoms with Crippen LogP contribution >= 0.6 is 11.8 Å². The highest BCUT2D eigenvalue weighted by Crippen LogP contribution is 2.43. The summed E-state index contributed by atoms with van der Waals surface area (Å²) in [5, 5.41) is 2.77. The molecule has 2 aromatic carbocycles. The summed E-state index contributed by atoms with van der Waals surface area (Å²) >= 11 is 1.91. The zero-order chi connectivity index (χ0) is 13.8. The first kappa shape index (κ1) is 13.3. The summed E-state index contributed by atoms with van der Waals surface area (Å²) < 4.78 is 5.23. The maximum atomic E-state index is 5.23. The molecule has 0 bridgehead atoms. The van der Waals surface area contributed by atoms with Gasteiger partial charge < -0.3 is 4.74 Å². The van der Waals surface area contributed by atoms with E-state index in [0.29, 0.717) is 11.2 Å². The van der Waals surface area contributed by atoms with Gasteiger partial charge in [0.05, 0.1) is 7.11 Å². The van der Waals surface area contributed by atoms with Gasteiger partial charge >= 0.3 is 0 Å². The normalized spacial score (nSPS) is 21.6. The molecule has 0 spiro atoms. The molecule has 0 unspecified atom stereocenters.